The SMILES string of the molecule is COCCOCCOCCOCCOCCOCCOCCOCCOCCOCCOCCOCCOCCOCCOCCOCCOCCOCCOCCOCCOCCOCCOCCOCCOCCCc1cc(NC(=O)[C@H](CCCNC(N)=O)NC(=O)[C@@H](NC(=O)OCC2c3ccccc3-c3ccccc32)C(C)C)ccc1CI. The number of urea groups is 1. The predicted molar refractivity (Wildman–Crippen MR) is 458 cm³/mol. The van der Waals surface area contributed by atoms with Crippen LogP contribution in [0.15, 0.2) is 66.7 Å². The summed E-state index contributed by atoms with van der Waals surface area (Å²) in [5, 5.41) is 11.1. The first kappa shape index (κ1) is 108. The van der Waals surface area contributed by atoms with E-state index in [-0.39, 0.29) is 31.4 Å². The molecule has 4 rings (SSSR count). The zero-order valence-corrected chi connectivity index (χ0v) is 74.1. The van der Waals surface area contributed by atoms with E-state index in [4.69, 9.17) is 129 Å². The fourth-order valence-corrected chi connectivity index (χ4v) is 12.1. The predicted octanol–water partition coefficient (Wildman–Crippen LogP) is 6.03. The topological polar surface area (TPSA) is 382 Å². The van der Waals surface area contributed by atoms with Gasteiger partial charge in [0.1, 0.15) is 18.7 Å². The second-order valence-electron chi connectivity index (χ2n) is 27.1. The van der Waals surface area contributed by atoms with Crippen LogP contribution in [0, 0.1) is 5.92 Å². The largest absolute Gasteiger partial charge is 0.449 e. The van der Waals surface area contributed by atoms with Crippen LogP contribution in [0.4, 0.5) is 15.3 Å². The van der Waals surface area contributed by atoms with Crippen molar-refractivity contribution in [2.45, 2.75) is 62.0 Å². The molecule has 3 aromatic rings. The number of methoxy groups -OCH3 is 1. The molecule has 0 saturated carbocycles. The molecule has 0 fully saturated rings. The highest BCUT2D eigenvalue weighted by molar-refractivity contribution is 14.1. The molecule has 35 nitrogen and oxygen atoms in total. The number of halogens is 1. The number of nitrogens with two attached hydrogens (primary N) is 1. The molecule has 36 heteroatoms. The molecular formula is C85H142IN5O30. The van der Waals surface area contributed by atoms with Gasteiger partial charge in [0.05, 0.1) is 317 Å². The minimum atomic E-state index is -1.01. The average Bonchev–Trinajstić information content (AvgIpc) is 1.62. The molecule has 1 aliphatic carbocycles. The van der Waals surface area contributed by atoms with Gasteiger partial charge in [-0.1, -0.05) is 91.0 Å². The Bertz CT molecular complexity index is 2900. The zero-order chi connectivity index (χ0) is 86.2. The van der Waals surface area contributed by atoms with E-state index in [1.165, 1.54) is 0 Å². The van der Waals surface area contributed by atoms with E-state index >= 15 is 0 Å². The molecule has 0 bridgehead atoms. The quantitative estimate of drug-likeness (QED) is 0.0244. The number of aryl methyl sites for hydroxylation is 1. The molecule has 0 aromatic heterocycles. The molecule has 0 unspecified atom stereocenters. The standard InChI is InChI=1S/C85H142IN5O30/c1-71(2)81(91-85(95)121-70-79-77-13-6-4-11-75(77)76-12-5-7-14-78(76)79)83(93)90-80(15-8-18-88-84(87)94)82(92)89-74-17-16-73(69-86)72(68-74)10-9-19-97-22-23-99-26-27-101-30-31-103-34-35-105-38-39-107-42-43-109-46-47-111-50-51-113-54-55-115-58-59-117-62-63-119-66-67-120-65-64-118-61-60-116-57-56-114-53-52-112-49-48-110-45-44-108-41-40-106-37-36-104-33-32-102-29-28-100-25-24-98-21-20-96-3/h4-7,11-14,16-17,68,71,79-81H,8-10,15,18-67,69-70H2,1-3H3,(H,89,92)(H,90,93)(H,91,95)(H3,87,88,94)/t80-,81-/m0/s1. The van der Waals surface area contributed by atoms with E-state index in [9.17, 15) is 19.2 Å². The van der Waals surface area contributed by atoms with Crippen LogP contribution in [0.2, 0.25) is 0 Å². The Hall–Kier alpha value is -5.13. The Kier molecular flexibility index (Phi) is 71.1. The third-order valence-electron chi connectivity index (χ3n) is 17.5. The van der Waals surface area contributed by atoms with Gasteiger partial charge in [-0.2, -0.15) is 0 Å². The number of hydrogen-bond donors (Lipinski definition) is 5. The van der Waals surface area contributed by atoms with Gasteiger partial charge in [0.2, 0.25) is 11.8 Å². The number of nitrogens with one attached hydrogen (secondary N) is 4. The van der Waals surface area contributed by atoms with Crippen molar-refractivity contribution in [2.24, 2.45) is 11.7 Å². The summed E-state index contributed by atoms with van der Waals surface area (Å²) in [6, 6.07) is 19.1. The number of fused-ring (bicyclic) bond motifs is 3. The summed E-state index contributed by atoms with van der Waals surface area (Å²) in [5.74, 6) is -1.51. The van der Waals surface area contributed by atoms with Crippen LogP contribution in [-0.2, 0) is 144 Å². The van der Waals surface area contributed by atoms with E-state index in [1.54, 1.807) is 21.0 Å². The van der Waals surface area contributed by atoms with Gasteiger partial charge in [-0.25, -0.2) is 9.59 Å². The second-order valence-corrected chi connectivity index (χ2v) is 27.8. The van der Waals surface area contributed by atoms with Crippen molar-refractivity contribution in [3.8, 4) is 11.1 Å². The molecule has 121 heavy (non-hydrogen) atoms. The number of rotatable bonds is 89. The third kappa shape index (κ3) is 59.5. The average molecular weight is 1840 g/mol. The molecule has 5 amide bonds. The second kappa shape index (κ2) is 79.5. The number of primary amides is 1. The number of amides is 5. The highest BCUT2D eigenvalue weighted by Crippen LogP contribution is 2.44. The summed E-state index contributed by atoms with van der Waals surface area (Å²) in [6.45, 7) is 27.3. The fourth-order valence-electron chi connectivity index (χ4n) is 11.3. The minimum Gasteiger partial charge on any atom is -0.449 e. The molecule has 0 heterocycles. The van der Waals surface area contributed by atoms with Gasteiger partial charge in [-0.15, -0.1) is 0 Å². The lowest BCUT2D eigenvalue weighted by Gasteiger charge is -2.25. The van der Waals surface area contributed by atoms with Crippen molar-refractivity contribution in [1.82, 2.24) is 16.0 Å². The lowest BCUT2D eigenvalue weighted by Crippen LogP contribution is -2.54. The summed E-state index contributed by atoms with van der Waals surface area (Å²) in [4.78, 5) is 52.6. The molecule has 0 radical (unpaired) electrons. The molecule has 3 aromatic carbocycles. The van der Waals surface area contributed by atoms with Crippen LogP contribution in [0.1, 0.15) is 61.3 Å². The van der Waals surface area contributed by atoms with Crippen LogP contribution in [-0.4, -0.2) is 380 Å². The summed E-state index contributed by atoms with van der Waals surface area (Å²) >= 11 is 2.32. The Balaban J connectivity index is 0.797. The Labute approximate surface area is 729 Å². The highest BCUT2D eigenvalue weighted by Gasteiger charge is 2.32. The lowest BCUT2D eigenvalue weighted by molar-refractivity contribution is -0.128. The van der Waals surface area contributed by atoms with Crippen molar-refractivity contribution in [1.29, 1.82) is 0 Å². The number of carbonyl (C=O) groups excluding carboxylic acids is 4. The lowest BCUT2D eigenvalue weighted by atomic mass is 9.98. The van der Waals surface area contributed by atoms with Crippen LogP contribution >= 0.6 is 22.6 Å². The van der Waals surface area contributed by atoms with Crippen molar-refractivity contribution >= 4 is 52.2 Å². The number of benzene rings is 3. The summed E-state index contributed by atoms with van der Waals surface area (Å²) in [7, 11) is 1.64. The summed E-state index contributed by atoms with van der Waals surface area (Å²) in [5.41, 5.74) is 12.4. The van der Waals surface area contributed by atoms with Gasteiger partial charge < -0.3 is 150 Å². The molecule has 694 valence electrons. The monoisotopic (exact) mass is 1840 g/mol. The third-order valence-corrected chi connectivity index (χ3v) is 18.3. The first-order valence-corrected chi connectivity index (χ1v) is 43.9. The first-order chi connectivity index (χ1) is 59.6. The van der Waals surface area contributed by atoms with Crippen molar-refractivity contribution in [3.63, 3.8) is 0 Å². The Morgan fingerprint density at radius 2 is 0.661 bits per heavy atom. The number of anilines is 1. The Morgan fingerprint density at radius 3 is 0.950 bits per heavy atom. The smallest absolute Gasteiger partial charge is 0.407 e. The molecule has 2 atom stereocenters. The molecule has 0 aliphatic heterocycles. The first-order valence-electron chi connectivity index (χ1n) is 42.4. The molecular weight excluding hydrogens is 1700 g/mol. The number of ether oxygens (including phenoxy) is 26. The molecule has 0 spiro atoms. The van der Waals surface area contributed by atoms with Gasteiger partial charge in [0.15, 0.2) is 0 Å². The molecule has 6 N–H and O–H groups in total. The van der Waals surface area contributed by atoms with Crippen LogP contribution in [0.3, 0.4) is 0 Å². The Morgan fingerprint density at radius 1 is 0.364 bits per heavy atom. The number of carbonyl (C=O) groups is 4. The maximum atomic E-state index is 14.0. The van der Waals surface area contributed by atoms with Gasteiger partial charge in [0.25, 0.3) is 0 Å². The van der Waals surface area contributed by atoms with Crippen LogP contribution in [0.25, 0.3) is 11.1 Å². The van der Waals surface area contributed by atoms with Crippen molar-refractivity contribution < 1.29 is 142 Å². The summed E-state index contributed by atoms with van der Waals surface area (Å²) < 4.78 is 145. The maximum Gasteiger partial charge on any atom is 0.407 e. The van der Waals surface area contributed by atoms with Crippen LogP contribution < -0.4 is 27.0 Å². The number of alkyl carbamates (subject to hydrolysis) is 1. The fraction of sp³-hybridized carbons (Fsp3) is 0.741. The highest BCUT2D eigenvalue weighted by atomic mass is 127. The molecule has 1 aliphatic rings. The zero-order valence-electron chi connectivity index (χ0n) is 72.0. The van der Waals surface area contributed by atoms with E-state index in [0.29, 0.717) is 342 Å². The number of alkyl halides is 1. The maximum absolute atomic E-state index is 14.0. The van der Waals surface area contributed by atoms with Crippen LogP contribution in [0.5, 0.6) is 0 Å². The van der Waals surface area contributed by atoms with E-state index < -0.39 is 36.0 Å². The van der Waals surface area contributed by atoms with Gasteiger partial charge in [-0.3, -0.25) is 9.59 Å². The van der Waals surface area contributed by atoms with Gasteiger partial charge >= 0.3 is 12.1 Å². The van der Waals surface area contributed by atoms with E-state index in [0.717, 1.165) is 44.2 Å². The normalized spacial score (nSPS) is 12.5. The van der Waals surface area contributed by atoms with Gasteiger partial charge in [0, 0.05) is 36.3 Å². The summed E-state index contributed by atoms with van der Waals surface area (Å²) in [6.07, 6.45) is 1.22. The van der Waals surface area contributed by atoms with Crippen molar-refractivity contribution in [2.75, 3.05) is 349 Å². The minimum absolute atomic E-state index is 0.0780. The molecule has 0 saturated heterocycles. The number of hydrogen-bond acceptors (Lipinski definition) is 30. The van der Waals surface area contributed by atoms with E-state index in [1.807, 2.05) is 54.6 Å². The van der Waals surface area contributed by atoms with E-state index in [2.05, 4.69) is 56.0 Å². The van der Waals surface area contributed by atoms with Gasteiger partial charge in [-0.05, 0) is 77.1 Å². The van der Waals surface area contributed by atoms with Crippen molar-refractivity contribution in [3.05, 3.63) is 89.0 Å².